The molecule has 1 aliphatic rings. The zero-order valence-corrected chi connectivity index (χ0v) is 16.3. The van der Waals surface area contributed by atoms with E-state index in [0.29, 0.717) is 0 Å². The largest absolute Gasteiger partial charge is 0.336 e. The summed E-state index contributed by atoms with van der Waals surface area (Å²) in [6, 6.07) is 18.1. The number of aromatic nitrogens is 1. The average molecular weight is 378 g/mol. The second-order valence-electron chi connectivity index (χ2n) is 6.95. The van der Waals surface area contributed by atoms with Crippen LogP contribution in [0.1, 0.15) is 21.6 Å². The Morgan fingerprint density at radius 3 is 2.56 bits per heavy atom. The van der Waals surface area contributed by atoms with Gasteiger partial charge in [-0.15, -0.1) is 11.3 Å². The lowest BCUT2D eigenvalue weighted by atomic mass is 10.1. The van der Waals surface area contributed by atoms with Crippen molar-refractivity contribution in [2.45, 2.75) is 13.5 Å². The zero-order chi connectivity index (χ0) is 18.6. The van der Waals surface area contributed by atoms with Gasteiger partial charge in [-0.05, 0) is 19.1 Å². The molecule has 0 atom stereocenters. The first kappa shape index (κ1) is 17.9. The van der Waals surface area contributed by atoms with Crippen LogP contribution in [0.5, 0.6) is 0 Å². The van der Waals surface area contributed by atoms with Crippen LogP contribution in [-0.2, 0) is 6.54 Å². The molecule has 138 valence electrons. The molecule has 2 aromatic carbocycles. The number of hydrogen-bond acceptors (Lipinski definition) is 4. The number of carbonyl (C=O) groups excluding carboxylic acids is 1. The van der Waals surface area contributed by atoms with E-state index in [9.17, 15) is 4.79 Å². The highest BCUT2D eigenvalue weighted by molar-refractivity contribution is 7.13. The highest BCUT2D eigenvalue weighted by Gasteiger charge is 2.22. The average Bonchev–Trinajstić information content (AvgIpc) is 3.17. The van der Waals surface area contributed by atoms with Gasteiger partial charge in [-0.3, -0.25) is 9.69 Å². The highest BCUT2D eigenvalue weighted by atomic mass is 32.1. The van der Waals surface area contributed by atoms with Gasteiger partial charge in [0.1, 0.15) is 5.01 Å². The molecule has 1 amide bonds. The van der Waals surface area contributed by atoms with Gasteiger partial charge < -0.3 is 4.90 Å². The highest BCUT2D eigenvalue weighted by Crippen LogP contribution is 2.24. The molecule has 4 nitrogen and oxygen atoms in total. The summed E-state index contributed by atoms with van der Waals surface area (Å²) in [5.41, 5.74) is 4.19. The first-order valence-electron chi connectivity index (χ1n) is 9.27. The van der Waals surface area contributed by atoms with Crippen molar-refractivity contribution in [1.29, 1.82) is 0 Å². The van der Waals surface area contributed by atoms with Gasteiger partial charge in [0.2, 0.25) is 0 Å². The summed E-state index contributed by atoms with van der Waals surface area (Å²) in [5, 5.41) is 3.21. The Bertz CT molecular complexity index is 914. The van der Waals surface area contributed by atoms with Gasteiger partial charge in [0.15, 0.2) is 0 Å². The summed E-state index contributed by atoms with van der Waals surface area (Å²) < 4.78 is 0. The second-order valence-corrected chi connectivity index (χ2v) is 7.81. The predicted molar refractivity (Wildman–Crippen MR) is 110 cm³/mol. The molecule has 4 rings (SSSR count). The van der Waals surface area contributed by atoms with E-state index in [4.69, 9.17) is 4.98 Å². The molecular weight excluding hydrogens is 354 g/mol. The molecule has 0 N–H and O–H groups in total. The maximum atomic E-state index is 12.7. The Balaban J connectivity index is 1.33. The van der Waals surface area contributed by atoms with E-state index in [1.807, 2.05) is 54.3 Å². The van der Waals surface area contributed by atoms with Crippen LogP contribution in [0.4, 0.5) is 0 Å². The Morgan fingerprint density at radius 2 is 1.81 bits per heavy atom. The minimum atomic E-state index is 0.137. The van der Waals surface area contributed by atoms with E-state index < -0.39 is 0 Å². The van der Waals surface area contributed by atoms with Crippen molar-refractivity contribution < 1.29 is 4.79 Å². The van der Waals surface area contributed by atoms with Crippen LogP contribution in [0.3, 0.4) is 0 Å². The van der Waals surface area contributed by atoms with E-state index in [1.54, 1.807) is 11.3 Å². The van der Waals surface area contributed by atoms with E-state index in [-0.39, 0.29) is 5.91 Å². The van der Waals surface area contributed by atoms with E-state index in [1.165, 1.54) is 5.56 Å². The fourth-order valence-electron chi connectivity index (χ4n) is 3.39. The van der Waals surface area contributed by atoms with Gasteiger partial charge in [0.25, 0.3) is 5.91 Å². The molecule has 3 aromatic rings. The number of carbonyl (C=O) groups is 1. The summed E-state index contributed by atoms with van der Waals surface area (Å²) in [5.74, 6) is 0.137. The van der Waals surface area contributed by atoms with Crippen LogP contribution in [-0.4, -0.2) is 46.9 Å². The van der Waals surface area contributed by atoms with Crippen LogP contribution >= 0.6 is 11.3 Å². The number of piperazine rings is 1. The third-order valence-corrected chi connectivity index (χ3v) is 5.82. The van der Waals surface area contributed by atoms with Crippen molar-refractivity contribution in [3.05, 3.63) is 76.8 Å². The number of aryl methyl sites for hydroxylation is 1. The van der Waals surface area contributed by atoms with Gasteiger partial charge in [-0.25, -0.2) is 4.98 Å². The van der Waals surface area contributed by atoms with Gasteiger partial charge in [0.05, 0.1) is 5.69 Å². The topological polar surface area (TPSA) is 36.4 Å². The SMILES string of the molecule is Cc1cccc(C(=O)N2CCN(Cc3csc(-c4ccccc4)n3)CC2)c1. The molecule has 0 aliphatic carbocycles. The molecule has 1 saturated heterocycles. The van der Waals surface area contributed by atoms with Crippen LogP contribution in [0, 0.1) is 6.92 Å². The molecule has 1 aliphatic heterocycles. The number of benzene rings is 2. The lowest BCUT2D eigenvalue weighted by Crippen LogP contribution is -2.48. The molecule has 1 aromatic heterocycles. The zero-order valence-electron chi connectivity index (χ0n) is 15.5. The lowest BCUT2D eigenvalue weighted by molar-refractivity contribution is 0.0627. The summed E-state index contributed by atoms with van der Waals surface area (Å²) >= 11 is 1.69. The minimum Gasteiger partial charge on any atom is -0.336 e. The Labute approximate surface area is 164 Å². The van der Waals surface area contributed by atoms with E-state index in [2.05, 4.69) is 22.4 Å². The molecular formula is C22H23N3OS. The van der Waals surface area contributed by atoms with Gasteiger partial charge in [0, 0.05) is 49.2 Å². The first-order chi connectivity index (χ1) is 13.2. The molecule has 0 unspecified atom stereocenters. The lowest BCUT2D eigenvalue weighted by Gasteiger charge is -2.34. The normalized spacial score (nSPS) is 15.1. The van der Waals surface area contributed by atoms with Crippen molar-refractivity contribution in [1.82, 2.24) is 14.8 Å². The van der Waals surface area contributed by atoms with Crippen molar-refractivity contribution in [3.8, 4) is 10.6 Å². The number of nitrogens with zero attached hydrogens (tertiary/aromatic N) is 3. The van der Waals surface area contributed by atoms with E-state index >= 15 is 0 Å². The molecule has 27 heavy (non-hydrogen) atoms. The van der Waals surface area contributed by atoms with E-state index in [0.717, 1.165) is 54.6 Å². The van der Waals surface area contributed by atoms with Crippen molar-refractivity contribution in [3.63, 3.8) is 0 Å². The van der Waals surface area contributed by atoms with Crippen LogP contribution in [0.2, 0.25) is 0 Å². The predicted octanol–water partition coefficient (Wildman–Crippen LogP) is 4.08. The minimum absolute atomic E-state index is 0.137. The fraction of sp³-hybridized carbons (Fsp3) is 0.273. The number of thiazole rings is 1. The number of amides is 1. The standard InChI is InChI=1S/C22H23N3OS/c1-17-6-5-9-19(14-17)22(26)25-12-10-24(11-13-25)15-20-16-27-21(23-20)18-7-3-2-4-8-18/h2-9,14,16H,10-13,15H2,1H3. The fourth-order valence-corrected chi connectivity index (χ4v) is 4.21. The quantitative estimate of drug-likeness (QED) is 0.687. The molecule has 0 saturated carbocycles. The monoisotopic (exact) mass is 377 g/mol. The maximum absolute atomic E-state index is 12.7. The molecule has 2 heterocycles. The number of rotatable bonds is 4. The summed E-state index contributed by atoms with van der Waals surface area (Å²) in [7, 11) is 0. The van der Waals surface area contributed by atoms with Crippen molar-refractivity contribution >= 4 is 17.2 Å². The third-order valence-electron chi connectivity index (χ3n) is 4.88. The molecule has 1 fully saturated rings. The number of hydrogen-bond donors (Lipinski definition) is 0. The van der Waals surface area contributed by atoms with Gasteiger partial charge >= 0.3 is 0 Å². The Morgan fingerprint density at radius 1 is 1.04 bits per heavy atom. The Kier molecular flexibility index (Phi) is 5.32. The van der Waals surface area contributed by atoms with Gasteiger partial charge in [-0.2, -0.15) is 0 Å². The molecule has 0 bridgehead atoms. The third kappa shape index (κ3) is 4.26. The second kappa shape index (κ2) is 8.03. The van der Waals surface area contributed by atoms with Crippen LogP contribution < -0.4 is 0 Å². The first-order valence-corrected chi connectivity index (χ1v) is 10.1. The molecule has 0 radical (unpaired) electrons. The van der Waals surface area contributed by atoms with Crippen LogP contribution in [0.25, 0.3) is 10.6 Å². The summed E-state index contributed by atoms with van der Waals surface area (Å²) in [6.45, 7) is 6.17. The Hall–Kier alpha value is -2.50. The molecule has 5 heteroatoms. The van der Waals surface area contributed by atoms with Gasteiger partial charge in [-0.1, -0.05) is 48.0 Å². The molecule has 0 spiro atoms. The van der Waals surface area contributed by atoms with Crippen molar-refractivity contribution in [2.24, 2.45) is 0 Å². The smallest absolute Gasteiger partial charge is 0.253 e. The summed E-state index contributed by atoms with van der Waals surface area (Å²) in [4.78, 5) is 21.8. The summed E-state index contributed by atoms with van der Waals surface area (Å²) in [6.07, 6.45) is 0. The maximum Gasteiger partial charge on any atom is 0.253 e. The van der Waals surface area contributed by atoms with Crippen molar-refractivity contribution in [2.75, 3.05) is 26.2 Å². The van der Waals surface area contributed by atoms with Crippen LogP contribution in [0.15, 0.2) is 60.0 Å².